The number of ether oxygens (including phenoxy) is 2. The molecule has 0 saturated heterocycles. The fraction of sp³-hybridized carbons (Fsp3) is 0.172. The van der Waals surface area contributed by atoms with E-state index >= 15 is 4.39 Å². The van der Waals surface area contributed by atoms with Gasteiger partial charge in [0.2, 0.25) is 0 Å². The van der Waals surface area contributed by atoms with Gasteiger partial charge >= 0.3 is 12.0 Å². The lowest BCUT2D eigenvalue weighted by molar-refractivity contribution is -0.140. The molecule has 9 nitrogen and oxygen atoms in total. The molecule has 11 heteroatoms. The largest absolute Gasteiger partial charge is 0.478 e. The summed E-state index contributed by atoms with van der Waals surface area (Å²) in [6, 6.07) is 16.7. The number of benzene rings is 3. The second kappa shape index (κ2) is 11.5. The summed E-state index contributed by atoms with van der Waals surface area (Å²) in [5.74, 6) is -2.12. The number of nitriles is 1. The Hall–Kier alpha value is -4.88. The number of halogens is 2. The molecule has 202 valence electrons. The first-order valence-electron chi connectivity index (χ1n) is 12.3. The van der Waals surface area contributed by atoms with Crippen molar-refractivity contribution in [3.8, 4) is 11.8 Å². The van der Waals surface area contributed by atoms with E-state index in [4.69, 9.17) is 21.1 Å². The van der Waals surface area contributed by atoms with E-state index in [1.165, 1.54) is 6.07 Å². The maximum atomic E-state index is 15.0. The number of rotatable bonds is 7. The van der Waals surface area contributed by atoms with Crippen molar-refractivity contribution in [2.75, 3.05) is 11.9 Å². The summed E-state index contributed by atoms with van der Waals surface area (Å²) in [5.41, 5.74) is 2.43. The van der Waals surface area contributed by atoms with Gasteiger partial charge in [-0.2, -0.15) is 5.26 Å². The van der Waals surface area contributed by atoms with Crippen LogP contribution in [0.4, 0.5) is 14.9 Å². The van der Waals surface area contributed by atoms with Crippen molar-refractivity contribution in [1.29, 1.82) is 5.26 Å². The molecule has 5 rings (SSSR count). The fourth-order valence-electron chi connectivity index (χ4n) is 4.57. The van der Waals surface area contributed by atoms with Crippen molar-refractivity contribution in [3.63, 3.8) is 0 Å². The summed E-state index contributed by atoms with van der Waals surface area (Å²) in [6.45, 7) is -0.469. The topological polar surface area (TPSA) is 130 Å². The Balaban J connectivity index is 1.52. The van der Waals surface area contributed by atoms with Gasteiger partial charge in [-0.15, -0.1) is 0 Å². The third kappa shape index (κ3) is 5.75. The van der Waals surface area contributed by atoms with Gasteiger partial charge in [0.1, 0.15) is 6.61 Å². The molecule has 0 aliphatic carbocycles. The van der Waals surface area contributed by atoms with Crippen LogP contribution in [0, 0.1) is 17.1 Å². The van der Waals surface area contributed by atoms with E-state index in [-0.39, 0.29) is 47.9 Å². The molecular weight excluding hydrogens is 539 g/mol. The molecule has 3 N–H and O–H groups in total. The number of carbonyl (C=O) groups excluding carboxylic acids is 3. The van der Waals surface area contributed by atoms with Crippen LogP contribution in [0.5, 0.6) is 5.75 Å². The Morgan fingerprint density at radius 3 is 2.73 bits per heavy atom. The number of carbonyl (C=O) groups is 3. The molecule has 2 aliphatic rings. The first kappa shape index (κ1) is 26.7. The van der Waals surface area contributed by atoms with Crippen LogP contribution in [0.3, 0.4) is 0 Å². The molecule has 3 aromatic rings. The molecule has 3 aromatic carbocycles. The minimum Gasteiger partial charge on any atom is -0.478 e. The number of aryl methyl sites for hydroxylation is 1. The monoisotopic (exact) mass is 560 g/mol. The van der Waals surface area contributed by atoms with E-state index in [1.807, 2.05) is 18.2 Å². The summed E-state index contributed by atoms with van der Waals surface area (Å²) in [4.78, 5) is 38.2. The predicted octanol–water partition coefficient (Wildman–Crippen LogP) is 4.67. The highest BCUT2D eigenvalue weighted by Gasteiger charge is 2.35. The number of nitrogens with zero attached hydrogens (tertiary/aromatic N) is 1. The average Bonchev–Trinajstić information content (AvgIpc) is 2.95. The van der Waals surface area contributed by atoms with Crippen LogP contribution in [0.25, 0.3) is 0 Å². The molecule has 0 radical (unpaired) electrons. The van der Waals surface area contributed by atoms with Crippen molar-refractivity contribution in [2.24, 2.45) is 0 Å². The molecule has 0 saturated carbocycles. The van der Waals surface area contributed by atoms with Crippen molar-refractivity contribution in [3.05, 3.63) is 105 Å². The molecule has 40 heavy (non-hydrogen) atoms. The van der Waals surface area contributed by atoms with Crippen LogP contribution in [0.15, 0.2) is 71.9 Å². The predicted molar refractivity (Wildman–Crippen MR) is 143 cm³/mol. The maximum Gasteiger partial charge on any atom is 0.338 e. The molecule has 2 heterocycles. The second-order valence-corrected chi connectivity index (χ2v) is 9.53. The van der Waals surface area contributed by atoms with Gasteiger partial charge < -0.3 is 25.4 Å². The molecule has 1 atom stereocenters. The SMILES string of the molecule is N#Cc1cccc(COC(=O)C2=C(CCc3ccccc3Cl)NC(=O)NC2c2cc(F)c3c(c2)NC(=O)CO3)c1. The van der Waals surface area contributed by atoms with Crippen molar-refractivity contribution >= 4 is 35.2 Å². The zero-order valence-electron chi connectivity index (χ0n) is 20.9. The minimum absolute atomic E-state index is 0.0606. The molecule has 0 bridgehead atoms. The Morgan fingerprint density at radius 2 is 1.93 bits per heavy atom. The maximum absolute atomic E-state index is 15.0. The van der Waals surface area contributed by atoms with Crippen molar-refractivity contribution in [2.45, 2.75) is 25.5 Å². The highest BCUT2D eigenvalue weighted by Crippen LogP contribution is 2.37. The number of anilines is 1. The van der Waals surface area contributed by atoms with E-state index in [2.05, 4.69) is 16.0 Å². The summed E-state index contributed by atoms with van der Waals surface area (Å²) >= 11 is 6.31. The summed E-state index contributed by atoms with van der Waals surface area (Å²) < 4.78 is 25.8. The van der Waals surface area contributed by atoms with Crippen LogP contribution in [0.1, 0.15) is 34.7 Å². The van der Waals surface area contributed by atoms with Gasteiger partial charge in [0, 0.05) is 10.7 Å². The van der Waals surface area contributed by atoms with Gasteiger partial charge in [-0.25, -0.2) is 14.0 Å². The van der Waals surface area contributed by atoms with E-state index in [1.54, 1.807) is 36.4 Å². The number of fused-ring (bicyclic) bond motifs is 1. The quantitative estimate of drug-likeness (QED) is 0.360. The normalized spacial score (nSPS) is 16.1. The second-order valence-electron chi connectivity index (χ2n) is 9.12. The molecule has 0 fully saturated rings. The number of nitrogens with one attached hydrogen (secondary N) is 3. The molecule has 0 spiro atoms. The number of hydrogen-bond donors (Lipinski definition) is 3. The lowest BCUT2D eigenvalue weighted by Gasteiger charge is -2.30. The zero-order chi connectivity index (χ0) is 28.2. The zero-order valence-corrected chi connectivity index (χ0v) is 21.7. The van der Waals surface area contributed by atoms with Crippen molar-refractivity contribution < 1.29 is 28.2 Å². The van der Waals surface area contributed by atoms with Gasteiger partial charge in [0.05, 0.1) is 28.9 Å². The number of urea groups is 1. The van der Waals surface area contributed by atoms with Gasteiger partial charge in [0.25, 0.3) is 5.91 Å². The first-order valence-corrected chi connectivity index (χ1v) is 12.7. The van der Waals surface area contributed by atoms with Crippen LogP contribution in [-0.2, 0) is 27.4 Å². The smallest absolute Gasteiger partial charge is 0.338 e. The van der Waals surface area contributed by atoms with Gasteiger partial charge in [-0.1, -0.05) is 41.9 Å². The molecular formula is C29H22ClFN4O5. The van der Waals surface area contributed by atoms with E-state index in [0.717, 1.165) is 11.6 Å². The van der Waals surface area contributed by atoms with Gasteiger partial charge in [-0.05, 0) is 59.9 Å². The van der Waals surface area contributed by atoms with E-state index in [9.17, 15) is 19.6 Å². The number of allylic oxidation sites excluding steroid dienone is 1. The third-order valence-electron chi connectivity index (χ3n) is 6.42. The third-order valence-corrected chi connectivity index (χ3v) is 6.79. The molecule has 0 aromatic heterocycles. The highest BCUT2D eigenvalue weighted by molar-refractivity contribution is 6.31. The number of esters is 1. The lowest BCUT2D eigenvalue weighted by atomic mass is 9.92. The lowest BCUT2D eigenvalue weighted by Crippen LogP contribution is -2.46. The number of amides is 3. The Morgan fingerprint density at radius 1 is 1.10 bits per heavy atom. The standard InChI is InChI=1S/C29H22ClFN4O5/c30-20-7-2-1-6-18(20)8-9-22-25(28(37)40-14-17-5-3-4-16(10-17)13-32)26(35-29(38)34-22)19-11-21(31)27-23(12-19)33-24(36)15-39-27/h1-7,10-12,26H,8-9,14-15H2,(H,33,36)(H2,34,35,38). The average molecular weight is 561 g/mol. The summed E-state index contributed by atoms with van der Waals surface area (Å²) in [5, 5.41) is 17.6. The Kier molecular flexibility index (Phi) is 7.66. The molecule has 1 unspecified atom stereocenters. The molecule has 3 amide bonds. The van der Waals surface area contributed by atoms with Crippen LogP contribution in [0.2, 0.25) is 5.02 Å². The van der Waals surface area contributed by atoms with Gasteiger partial charge in [0.15, 0.2) is 18.2 Å². The number of hydrogen-bond acceptors (Lipinski definition) is 6. The Bertz CT molecular complexity index is 1600. The van der Waals surface area contributed by atoms with Crippen LogP contribution in [-0.4, -0.2) is 24.5 Å². The van der Waals surface area contributed by atoms with Crippen molar-refractivity contribution in [1.82, 2.24) is 10.6 Å². The molecule has 2 aliphatic heterocycles. The highest BCUT2D eigenvalue weighted by atomic mass is 35.5. The van der Waals surface area contributed by atoms with Gasteiger partial charge in [-0.3, -0.25) is 4.79 Å². The van der Waals surface area contributed by atoms with Crippen LogP contribution < -0.4 is 20.7 Å². The van der Waals surface area contributed by atoms with Crippen LogP contribution >= 0.6 is 11.6 Å². The summed E-state index contributed by atoms with van der Waals surface area (Å²) in [6.07, 6.45) is 0.612. The summed E-state index contributed by atoms with van der Waals surface area (Å²) in [7, 11) is 0. The minimum atomic E-state index is -1.11. The Labute approximate surface area is 233 Å². The fourth-order valence-corrected chi connectivity index (χ4v) is 4.80. The van der Waals surface area contributed by atoms with E-state index in [0.29, 0.717) is 22.6 Å². The van der Waals surface area contributed by atoms with E-state index < -0.39 is 29.8 Å². The first-order chi connectivity index (χ1) is 19.3.